The van der Waals surface area contributed by atoms with Crippen molar-refractivity contribution < 1.29 is 23.4 Å². The lowest BCUT2D eigenvalue weighted by Gasteiger charge is -2.19. The van der Waals surface area contributed by atoms with E-state index in [9.17, 15) is 9.18 Å². The van der Waals surface area contributed by atoms with E-state index in [0.29, 0.717) is 25.6 Å². The molecule has 1 N–H and O–H groups in total. The molecule has 2 unspecified atom stereocenters. The molecule has 1 saturated heterocycles. The zero-order valence-corrected chi connectivity index (χ0v) is 17.7. The van der Waals surface area contributed by atoms with Crippen LogP contribution in [0.1, 0.15) is 37.8 Å². The minimum Gasteiger partial charge on any atom is -0.489 e. The van der Waals surface area contributed by atoms with Gasteiger partial charge in [-0.3, -0.25) is 0 Å². The maximum atomic E-state index is 14.8. The van der Waals surface area contributed by atoms with Crippen LogP contribution >= 0.6 is 0 Å². The van der Waals surface area contributed by atoms with Gasteiger partial charge < -0.3 is 24.4 Å². The van der Waals surface area contributed by atoms with E-state index in [2.05, 4.69) is 20.0 Å². The number of benzene rings is 1. The van der Waals surface area contributed by atoms with Crippen molar-refractivity contribution >= 4 is 11.9 Å². The van der Waals surface area contributed by atoms with E-state index in [0.717, 1.165) is 30.6 Å². The second kappa shape index (κ2) is 9.36. The van der Waals surface area contributed by atoms with Gasteiger partial charge in [0, 0.05) is 13.0 Å². The molecule has 9 heteroatoms. The maximum Gasteiger partial charge on any atom is 0.407 e. The molecular weight excluding hydrogens is 403 g/mol. The molecule has 0 spiro atoms. The van der Waals surface area contributed by atoms with E-state index in [1.165, 1.54) is 13.4 Å². The molecule has 1 amide bonds. The average Bonchev–Trinajstić information content (AvgIpc) is 3.50. The first-order valence-corrected chi connectivity index (χ1v) is 10.5. The van der Waals surface area contributed by atoms with Gasteiger partial charge in [-0.05, 0) is 43.4 Å². The number of carbonyl (C=O) groups is 1. The molecule has 2 heterocycles. The zero-order valence-electron chi connectivity index (χ0n) is 17.7. The summed E-state index contributed by atoms with van der Waals surface area (Å²) in [6.45, 7) is 3.54. The Bertz CT molecular complexity index is 907. The molecule has 2 aromatic rings. The van der Waals surface area contributed by atoms with Crippen molar-refractivity contribution in [1.29, 1.82) is 0 Å². The largest absolute Gasteiger partial charge is 0.489 e. The van der Waals surface area contributed by atoms with Gasteiger partial charge in [-0.1, -0.05) is 12.1 Å². The van der Waals surface area contributed by atoms with Crippen LogP contribution in [-0.2, 0) is 4.74 Å². The molecule has 4 rings (SSSR count). The third kappa shape index (κ3) is 5.34. The molecule has 166 valence electrons. The van der Waals surface area contributed by atoms with Gasteiger partial charge in [-0.25, -0.2) is 9.78 Å². The molecule has 31 heavy (non-hydrogen) atoms. The monoisotopic (exact) mass is 430 g/mol. The molecule has 1 saturated carbocycles. The molecular formula is C22H27FN4O4. The number of nitrogens with one attached hydrogen (secondary N) is 1. The minimum atomic E-state index is -0.514. The van der Waals surface area contributed by atoms with Crippen molar-refractivity contribution in [3.8, 4) is 11.6 Å². The normalized spacial score (nSPS) is 19.1. The number of hydrogen-bond donors (Lipinski definition) is 1. The van der Waals surface area contributed by atoms with Crippen LogP contribution in [-0.4, -0.2) is 49.0 Å². The van der Waals surface area contributed by atoms with E-state index in [1.807, 2.05) is 36.1 Å². The number of halogens is 1. The standard InChI is InChI=1S/C22H27FN4O4/c1-14(26-22(28)29-2)16-5-7-17(8-6-16)31-18-9-10-27(11-18)20-19(23)21(25-13-24-20)30-12-15-3-4-15/h5-8,13-15,18H,3-4,9-12H2,1-2H3,(H,26,28). The second-order valence-electron chi connectivity index (χ2n) is 7.97. The molecule has 2 aliphatic rings. The van der Waals surface area contributed by atoms with Gasteiger partial charge in [0.15, 0.2) is 5.82 Å². The first-order valence-electron chi connectivity index (χ1n) is 10.5. The van der Waals surface area contributed by atoms with Gasteiger partial charge >= 0.3 is 6.09 Å². The molecule has 1 aromatic carbocycles. The molecule has 0 bridgehead atoms. The number of hydrogen-bond acceptors (Lipinski definition) is 7. The zero-order chi connectivity index (χ0) is 21.8. The smallest absolute Gasteiger partial charge is 0.407 e. The predicted octanol–water partition coefficient (Wildman–Crippen LogP) is 3.48. The highest BCUT2D eigenvalue weighted by Gasteiger charge is 2.29. The Labute approximate surface area is 180 Å². The number of methoxy groups -OCH3 is 1. The number of carbonyl (C=O) groups excluding carboxylic acids is 1. The molecule has 8 nitrogen and oxygen atoms in total. The Morgan fingerprint density at radius 3 is 2.74 bits per heavy atom. The molecule has 1 aliphatic carbocycles. The van der Waals surface area contributed by atoms with Gasteiger partial charge in [0.1, 0.15) is 18.2 Å². The Morgan fingerprint density at radius 1 is 1.26 bits per heavy atom. The third-order valence-electron chi connectivity index (χ3n) is 5.54. The molecule has 1 aromatic heterocycles. The van der Waals surface area contributed by atoms with E-state index < -0.39 is 11.9 Å². The van der Waals surface area contributed by atoms with Crippen molar-refractivity contribution in [3.63, 3.8) is 0 Å². The number of nitrogens with zero attached hydrogens (tertiary/aromatic N) is 3. The van der Waals surface area contributed by atoms with E-state index >= 15 is 0 Å². The minimum absolute atomic E-state index is 0.0199. The SMILES string of the molecule is COC(=O)NC(C)c1ccc(OC2CCN(c3ncnc(OCC4CC4)c3F)C2)cc1. The number of alkyl carbamates (subject to hydrolysis) is 1. The summed E-state index contributed by atoms with van der Waals surface area (Å²) < 4.78 is 31.0. The van der Waals surface area contributed by atoms with Crippen molar-refractivity contribution in [3.05, 3.63) is 42.0 Å². The van der Waals surface area contributed by atoms with Crippen LogP contribution in [0, 0.1) is 11.7 Å². The van der Waals surface area contributed by atoms with Gasteiger partial charge in [0.2, 0.25) is 5.82 Å². The van der Waals surface area contributed by atoms with Crippen LogP contribution < -0.4 is 19.7 Å². The van der Waals surface area contributed by atoms with Gasteiger partial charge in [0.05, 0.1) is 26.3 Å². The summed E-state index contributed by atoms with van der Waals surface area (Å²) in [5.74, 6) is 1.00. The van der Waals surface area contributed by atoms with Crippen molar-refractivity contribution in [2.75, 3.05) is 31.7 Å². The van der Waals surface area contributed by atoms with Crippen LogP contribution in [0.3, 0.4) is 0 Å². The predicted molar refractivity (Wildman–Crippen MR) is 112 cm³/mol. The third-order valence-corrected chi connectivity index (χ3v) is 5.54. The highest BCUT2D eigenvalue weighted by Crippen LogP contribution is 2.31. The molecule has 2 atom stereocenters. The number of anilines is 1. The summed E-state index contributed by atoms with van der Waals surface area (Å²) in [5, 5.41) is 2.72. The first-order chi connectivity index (χ1) is 15.0. The summed E-state index contributed by atoms with van der Waals surface area (Å²) in [7, 11) is 1.33. The maximum absolute atomic E-state index is 14.8. The Morgan fingerprint density at radius 2 is 2.03 bits per heavy atom. The Balaban J connectivity index is 1.33. The fourth-order valence-electron chi connectivity index (χ4n) is 3.51. The highest BCUT2D eigenvalue weighted by atomic mass is 19.1. The Hall–Kier alpha value is -3.10. The topological polar surface area (TPSA) is 85.8 Å². The lowest BCUT2D eigenvalue weighted by Crippen LogP contribution is -2.27. The van der Waals surface area contributed by atoms with Crippen molar-refractivity contribution in [2.24, 2.45) is 5.92 Å². The fraction of sp³-hybridized carbons (Fsp3) is 0.500. The lowest BCUT2D eigenvalue weighted by molar-refractivity contribution is 0.167. The van der Waals surface area contributed by atoms with E-state index in [1.54, 1.807) is 0 Å². The number of rotatable bonds is 8. The van der Waals surface area contributed by atoms with Crippen molar-refractivity contribution in [1.82, 2.24) is 15.3 Å². The van der Waals surface area contributed by atoms with Gasteiger partial charge in [-0.15, -0.1) is 0 Å². The average molecular weight is 430 g/mol. The molecule has 2 fully saturated rings. The fourth-order valence-corrected chi connectivity index (χ4v) is 3.51. The number of amides is 1. The summed E-state index contributed by atoms with van der Waals surface area (Å²) in [4.78, 5) is 21.3. The van der Waals surface area contributed by atoms with Crippen LogP contribution in [0.5, 0.6) is 11.6 Å². The Kier molecular flexibility index (Phi) is 6.39. The van der Waals surface area contributed by atoms with Crippen LogP contribution in [0.15, 0.2) is 30.6 Å². The summed E-state index contributed by atoms with van der Waals surface area (Å²) >= 11 is 0. The highest BCUT2D eigenvalue weighted by molar-refractivity contribution is 5.67. The van der Waals surface area contributed by atoms with Crippen LogP contribution in [0.2, 0.25) is 0 Å². The van der Waals surface area contributed by atoms with E-state index in [4.69, 9.17) is 9.47 Å². The van der Waals surface area contributed by atoms with Crippen LogP contribution in [0.25, 0.3) is 0 Å². The summed E-state index contributed by atoms with van der Waals surface area (Å²) in [5.41, 5.74) is 0.938. The van der Waals surface area contributed by atoms with Gasteiger partial charge in [-0.2, -0.15) is 9.37 Å². The second-order valence-corrected chi connectivity index (χ2v) is 7.97. The molecule has 0 radical (unpaired) electrons. The molecule has 1 aliphatic heterocycles. The first kappa shape index (κ1) is 21.1. The summed E-state index contributed by atoms with van der Waals surface area (Å²) in [6, 6.07) is 7.35. The van der Waals surface area contributed by atoms with E-state index in [-0.39, 0.29) is 23.8 Å². The van der Waals surface area contributed by atoms with Gasteiger partial charge in [0.25, 0.3) is 5.88 Å². The quantitative estimate of drug-likeness (QED) is 0.686. The van der Waals surface area contributed by atoms with Crippen molar-refractivity contribution in [2.45, 2.75) is 38.3 Å². The number of ether oxygens (including phenoxy) is 3. The van der Waals surface area contributed by atoms with Crippen LogP contribution in [0.4, 0.5) is 15.0 Å². The lowest BCUT2D eigenvalue weighted by atomic mass is 10.1. The summed E-state index contributed by atoms with van der Waals surface area (Å²) in [6.07, 6.45) is 3.80. The number of aromatic nitrogens is 2.